The first kappa shape index (κ1) is 12.0. The highest BCUT2D eigenvalue weighted by molar-refractivity contribution is 5.59. The van der Waals surface area contributed by atoms with Gasteiger partial charge in [0.15, 0.2) is 0 Å². The molecule has 1 aliphatic carbocycles. The van der Waals surface area contributed by atoms with Crippen molar-refractivity contribution in [3.63, 3.8) is 0 Å². The van der Waals surface area contributed by atoms with Gasteiger partial charge in [-0.25, -0.2) is 0 Å². The summed E-state index contributed by atoms with van der Waals surface area (Å²) in [5.74, 6) is 0.908. The molecular formula is C16H24N2. The topological polar surface area (TPSA) is 24.1 Å². The molecule has 2 N–H and O–H groups in total. The van der Waals surface area contributed by atoms with Crippen molar-refractivity contribution >= 4 is 5.69 Å². The standard InChI is InChI=1S/C16H24N2/c1-12-7-8-15(10-12)18-11-14-5-2-4-13-6-3-9-17-16(13)14/h2,4-5,12,15,17-18H,3,6-11H2,1H3. The first-order valence-corrected chi connectivity index (χ1v) is 7.41. The fourth-order valence-electron chi connectivity index (χ4n) is 3.38. The smallest absolute Gasteiger partial charge is 0.0418 e. The monoisotopic (exact) mass is 244 g/mol. The minimum atomic E-state index is 0.736. The Labute approximate surface area is 110 Å². The quantitative estimate of drug-likeness (QED) is 0.852. The molecule has 1 fully saturated rings. The summed E-state index contributed by atoms with van der Waals surface area (Å²) in [6.07, 6.45) is 6.59. The van der Waals surface area contributed by atoms with Gasteiger partial charge in [-0.1, -0.05) is 25.1 Å². The second kappa shape index (κ2) is 5.31. The van der Waals surface area contributed by atoms with Gasteiger partial charge in [-0.3, -0.25) is 0 Å². The van der Waals surface area contributed by atoms with Crippen LogP contribution in [0.15, 0.2) is 18.2 Å². The van der Waals surface area contributed by atoms with Crippen LogP contribution in [-0.4, -0.2) is 12.6 Å². The number of rotatable bonds is 3. The lowest BCUT2D eigenvalue weighted by molar-refractivity contribution is 0.502. The van der Waals surface area contributed by atoms with E-state index in [9.17, 15) is 0 Å². The molecule has 0 aromatic heterocycles. The van der Waals surface area contributed by atoms with E-state index in [0.717, 1.165) is 25.0 Å². The number of fused-ring (bicyclic) bond motifs is 1. The Balaban J connectivity index is 1.65. The maximum atomic E-state index is 3.74. The Kier molecular flexibility index (Phi) is 3.55. The van der Waals surface area contributed by atoms with E-state index in [4.69, 9.17) is 0 Å². The lowest BCUT2D eigenvalue weighted by Crippen LogP contribution is -2.26. The molecule has 2 unspecified atom stereocenters. The van der Waals surface area contributed by atoms with Crippen LogP contribution in [0.3, 0.4) is 0 Å². The number of hydrogen-bond donors (Lipinski definition) is 2. The molecule has 2 atom stereocenters. The van der Waals surface area contributed by atoms with Gasteiger partial charge >= 0.3 is 0 Å². The third kappa shape index (κ3) is 2.54. The zero-order chi connectivity index (χ0) is 12.4. The molecular weight excluding hydrogens is 220 g/mol. The van der Waals surface area contributed by atoms with E-state index >= 15 is 0 Å². The fourth-order valence-corrected chi connectivity index (χ4v) is 3.38. The molecule has 18 heavy (non-hydrogen) atoms. The number of aryl methyl sites for hydroxylation is 1. The minimum Gasteiger partial charge on any atom is -0.385 e. The van der Waals surface area contributed by atoms with E-state index in [1.807, 2.05) is 0 Å². The van der Waals surface area contributed by atoms with Crippen molar-refractivity contribution < 1.29 is 0 Å². The normalized spacial score (nSPS) is 26.7. The van der Waals surface area contributed by atoms with Gasteiger partial charge in [0.25, 0.3) is 0 Å². The number of anilines is 1. The molecule has 2 heteroatoms. The average Bonchev–Trinajstić information content (AvgIpc) is 2.82. The molecule has 1 aliphatic heterocycles. The third-order valence-corrected chi connectivity index (χ3v) is 4.44. The summed E-state index contributed by atoms with van der Waals surface area (Å²) in [5, 5.41) is 7.31. The van der Waals surface area contributed by atoms with E-state index in [2.05, 4.69) is 35.8 Å². The van der Waals surface area contributed by atoms with Gasteiger partial charge in [0.2, 0.25) is 0 Å². The second-order valence-electron chi connectivity index (χ2n) is 5.98. The van der Waals surface area contributed by atoms with E-state index in [-0.39, 0.29) is 0 Å². The summed E-state index contributed by atoms with van der Waals surface area (Å²) in [5.41, 5.74) is 4.36. The van der Waals surface area contributed by atoms with Gasteiger partial charge < -0.3 is 10.6 Å². The maximum Gasteiger partial charge on any atom is 0.0418 e. The fraction of sp³-hybridized carbons (Fsp3) is 0.625. The second-order valence-corrected chi connectivity index (χ2v) is 5.98. The summed E-state index contributed by atoms with van der Waals surface area (Å²) >= 11 is 0. The van der Waals surface area contributed by atoms with Crippen LogP contribution in [0.25, 0.3) is 0 Å². The molecule has 1 saturated carbocycles. The van der Waals surface area contributed by atoms with Gasteiger partial charge in [0.05, 0.1) is 0 Å². The lowest BCUT2D eigenvalue weighted by atomic mass is 9.99. The summed E-state index contributed by atoms with van der Waals surface area (Å²) in [4.78, 5) is 0. The van der Waals surface area contributed by atoms with Crippen LogP contribution in [0.5, 0.6) is 0 Å². The molecule has 1 aromatic carbocycles. The molecule has 0 saturated heterocycles. The van der Waals surface area contributed by atoms with Gasteiger partial charge in [0, 0.05) is 24.8 Å². The zero-order valence-corrected chi connectivity index (χ0v) is 11.3. The molecule has 0 amide bonds. The van der Waals surface area contributed by atoms with Gasteiger partial charge in [-0.2, -0.15) is 0 Å². The molecule has 0 spiro atoms. The van der Waals surface area contributed by atoms with Crippen molar-refractivity contribution in [3.8, 4) is 0 Å². The highest BCUT2D eigenvalue weighted by Crippen LogP contribution is 2.28. The Hall–Kier alpha value is -1.02. The van der Waals surface area contributed by atoms with Crippen LogP contribution in [0.4, 0.5) is 5.69 Å². The van der Waals surface area contributed by atoms with Crippen LogP contribution in [0.1, 0.15) is 43.7 Å². The minimum absolute atomic E-state index is 0.736. The molecule has 0 radical (unpaired) electrons. The number of hydrogen-bond acceptors (Lipinski definition) is 2. The van der Waals surface area contributed by atoms with Crippen molar-refractivity contribution in [2.45, 2.75) is 51.6 Å². The molecule has 3 rings (SSSR count). The number of nitrogens with one attached hydrogen (secondary N) is 2. The molecule has 98 valence electrons. The highest BCUT2D eigenvalue weighted by Gasteiger charge is 2.21. The predicted molar refractivity (Wildman–Crippen MR) is 76.9 cm³/mol. The third-order valence-electron chi connectivity index (χ3n) is 4.44. The van der Waals surface area contributed by atoms with Gasteiger partial charge in [0.1, 0.15) is 0 Å². The van der Waals surface area contributed by atoms with Crippen LogP contribution in [-0.2, 0) is 13.0 Å². The van der Waals surface area contributed by atoms with E-state index in [1.54, 1.807) is 0 Å². The van der Waals surface area contributed by atoms with Crippen molar-refractivity contribution in [1.29, 1.82) is 0 Å². The van der Waals surface area contributed by atoms with Crippen molar-refractivity contribution in [3.05, 3.63) is 29.3 Å². The van der Waals surface area contributed by atoms with Crippen LogP contribution >= 0.6 is 0 Å². The van der Waals surface area contributed by atoms with Crippen molar-refractivity contribution in [1.82, 2.24) is 5.32 Å². The summed E-state index contributed by atoms with van der Waals surface area (Å²) in [6, 6.07) is 7.48. The summed E-state index contributed by atoms with van der Waals surface area (Å²) < 4.78 is 0. The van der Waals surface area contributed by atoms with E-state index < -0.39 is 0 Å². The Morgan fingerprint density at radius 3 is 3.11 bits per heavy atom. The lowest BCUT2D eigenvalue weighted by Gasteiger charge is -2.22. The van der Waals surface area contributed by atoms with Crippen molar-refractivity contribution in [2.75, 3.05) is 11.9 Å². The average molecular weight is 244 g/mol. The van der Waals surface area contributed by atoms with Crippen molar-refractivity contribution in [2.24, 2.45) is 5.92 Å². The number of para-hydroxylation sites is 1. The summed E-state index contributed by atoms with van der Waals surface area (Å²) in [6.45, 7) is 4.52. The first-order chi connectivity index (χ1) is 8.83. The Morgan fingerprint density at radius 1 is 1.33 bits per heavy atom. The van der Waals surface area contributed by atoms with E-state index in [1.165, 1.54) is 48.9 Å². The molecule has 0 bridgehead atoms. The summed E-state index contributed by atoms with van der Waals surface area (Å²) in [7, 11) is 0. The Bertz CT molecular complexity index is 414. The molecule has 2 aliphatic rings. The van der Waals surface area contributed by atoms with Gasteiger partial charge in [-0.05, 0) is 49.1 Å². The number of benzene rings is 1. The van der Waals surface area contributed by atoms with Crippen LogP contribution in [0, 0.1) is 5.92 Å². The van der Waals surface area contributed by atoms with Gasteiger partial charge in [-0.15, -0.1) is 0 Å². The molecule has 1 aromatic rings. The van der Waals surface area contributed by atoms with Crippen LogP contribution in [0.2, 0.25) is 0 Å². The SMILES string of the molecule is CC1CCC(NCc2cccc3c2NCCC3)C1. The predicted octanol–water partition coefficient (Wildman–Crippen LogP) is 3.32. The largest absolute Gasteiger partial charge is 0.385 e. The molecule has 2 nitrogen and oxygen atoms in total. The first-order valence-electron chi connectivity index (χ1n) is 7.41. The van der Waals surface area contributed by atoms with Crippen LogP contribution < -0.4 is 10.6 Å². The maximum absolute atomic E-state index is 3.74. The molecule has 1 heterocycles. The highest BCUT2D eigenvalue weighted by atomic mass is 14.9. The van der Waals surface area contributed by atoms with E-state index in [0.29, 0.717) is 0 Å². The zero-order valence-electron chi connectivity index (χ0n) is 11.3. The Morgan fingerprint density at radius 2 is 2.28 bits per heavy atom.